The molecule has 0 aromatic rings. The molecular formula is C3H5BI3-. The van der Waals surface area contributed by atoms with Crippen molar-refractivity contribution in [3.05, 3.63) is 0 Å². The van der Waals surface area contributed by atoms with Gasteiger partial charge in [0.25, 0.3) is 0 Å². The van der Waals surface area contributed by atoms with E-state index in [1.165, 1.54) is 6.42 Å². The van der Waals surface area contributed by atoms with Crippen LogP contribution in [-0.2, 0) is 0 Å². The summed E-state index contributed by atoms with van der Waals surface area (Å²) >= 11 is 4.76. The molecule has 0 fully saturated rings. The molecule has 2 radical (unpaired) electrons. The van der Waals surface area contributed by atoms with E-state index in [9.17, 15) is 0 Å². The van der Waals surface area contributed by atoms with Gasteiger partial charge in [0, 0.05) is 0 Å². The SMILES string of the molecule is [B][I-]C(I)(I)CC. The first kappa shape index (κ1) is 9.25. The minimum atomic E-state index is -0.0657. The third-order valence-corrected chi connectivity index (χ3v) is 6.92. The fraction of sp³-hybridized carbons (Fsp3) is 1.00. The van der Waals surface area contributed by atoms with Crippen molar-refractivity contribution in [1.29, 1.82) is 0 Å². The Morgan fingerprint density at radius 2 is 2.14 bits per heavy atom. The first-order chi connectivity index (χ1) is 3.12. The summed E-state index contributed by atoms with van der Waals surface area (Å²) in [6.45, 7) is 2.17. The molecule has 42 valence electrons. The summed E-state index contributed by atoms with van der Waals surface area (Å²) in [7, 11) is 0. The van der Waals surface area contributed by atoms with Gasteiger partial charge >= 0.3 is 84.7 Å². The van der Waals surface area contributed by atoms with Crippen molar-refractivity contribution in [3.63, 3.8) is 0 Å². The van der Waals surface area contributed by atoms with E-state index in [-0.39, 0.29) is 21.0 Å². The molecule has 0 nitrogen and oxygen atoms in total. The van der Waals surface area contributed by atoms with Crippen LogP contribution in [0.1, 0.15) is 13.3 Å². The van der Waals surface area contributed by atoms with E-state index < -0.39 is 0 Å². The molecule has 0 rings (SSSR count). The molecule has 0 aromatic carbocycles. The Morgan fingerprint density at radius 1 is 1.71 bits per heavy atom. The van der Waals surface area contributed by atoms with Crippen LogP contribution >= 0.6 is 45.2 Å². The van der Waals surface area contributed by atoms with Gasteiger partial charge in [-0.1, -0.05) is 0 Å². The summed E-state index contributed by atoms with van der Waals surface area (Å²) < 4.78 is 0.411. The Bertz CT molecular complexity index is 48.1. The monoisotopic (exact) mass is 433 g/mol. The second kappa shape index (κ2) is 4.13. The van der Waals surface area contributed by atoms with E-state index in [0.717, 1.165) is 0 Å². The van der Waals surface area contributed by atoms with E-state index in [0.29, 0.717) is -0.565 Å². The van der Waals surface area contributed by atoms with Crippen LogP contribution in [0.5, 0.6) is 0 Å². The Morgan fingerprint density at radius 3 is 2.14 bits per heavy atom. The fourth-order valence-electron chi connectivity index (χ4n) is 0.0772. The summed E-state index contributed by atoms with van der Waals surface area (Å²) in [5.41, 5.74) is 5.51. The van der Waals surface area contributed by atoms with Gasteiger partial charge in [-0.05, 0) is 0 Å². The molecule has 0 aliphatic rings. The van der Waals surface area contributed by atoms with Gasteiger partial charge < -0.3 is 0 Å². The van der Waals surface area contributed by atoms with Crippen LogP contribution in [0.15, 0.2) is 0 Å². The average Bonchev–Trinajstić information content (AvgIpc) is 1.68. The Kier molecular flexibility index (Phi) is 5.46. The molecule has 0 atom stereocenters. The maximum absolute atomic E-state index is 5.51. The predicted molar refractivity (Wildman–Crippen MR) is 46.8 cm³/mol. The summed E-state index contributed by atoms with van der Waals surface area (Å²) in [4.78, 5) is 0. The van der Waals surface area contributed by atoms with Gasteiger partial charge in [-0.25, -0.2) is 0 Å². The zero-order valence-electron chi connectivity index (χ0n) is 3.92. The van der Waals surface area contributed by atoms with Crippen LogP contribution in [0.3, 0.4) is 0 Å². The van der Waals surface area contributed by atoms with E-state index >= 15 is 0 Å². The zero-order chi connectivity index (χ0) is 5.91. The molecule has 0 amide bonds. The molecular weight excluding hydrogens is 428 g/mol. The molecule has 0 aromatic heterocycles. The quantitative estimate of drug-likeness (QED) is 0.301. The van der Waals surface area contributed by atoms with E-state index in [1.54, 1.807) is 0 Å². The molecule has 4 heteroatoms. The van der Waals surface area contributed by atoms with E-state index in [4.69, 9.17) is 5.70 Å². The van der Waals surface area contributed by atoms with Gasteiger partial charge in [-0.15, -0.1) is 0 Å². The number of halogens is 3. The molecule has 0 heterocycles. The zero-order valence-corrected chi connectivity index (χ0v) is 10.4. The summed E-state index contributed by atoms with van der Waals surface area (Å²) in [5, 5.41) is 0. The van der Waals surface area contributed by atoms with Gasteiger partial charge in [0.2, 0.25) is 0 Å². The normalized spacial score (nSPS) is 12.4. The van der Waals surface area contributed by atoms with E-state index in [2.05, 4.69) is 52.1 Å². The number of hydrogen-bond donors (Lipinski definition) is 0. The van der Waals surface area contributed by atoms with Gasteiger partial charge in [-0.3, -0.25) is 0 Å². The third kappa shape index (κ3) is 4.74. The second-order valence-electron chi connectivity index (χ2n) is 1.08. The molecule has 7 heavy (non-hydrogen) atoms. The second-order valence-corrected chi connectivity index (χ2v) is 13.4. The molecule has 0 spiro atoms. The predicted octanol–water partition coefficient (Wildman–Crippen LogP) is -0.907. The number of alkyl halides is 3. The topological polar surface area (TPSA) is 0 Å². The van der Waals surface area contributed by atoms with Crippen molar-refractivity contribution in [3.8, 4) is 0 Å². The molecule has 0 N–H and O–H groups in total. The Hall–Kier alpha value is 2.25. The fourth-order valence-corrected chi connectivity index (χ4v) is 0.518. The van der Waals surface area contributed by atoms with Crippen molar-refractivity contribution >= 4 is 50.9 Å². The maximum atomic E-state index is 5.51. The Labute approximate surface area is 83.3 Å². The first-order valence-electron chi connectivity index (χ1n) is 1.85. The first-order valence-corrected chi connectivity index (χ1v) is 6.33. The standard InChI is InChI=1S/C3H5BI3/c1-2-3(5,6)7-4/h2H2,1H3/q-1. The van der Waals surface area contributed by atoms with Crippen molar-refractivity contribution < 1.29 is 21.0 Å². The van der Waals surface area contributed by atoms with Crippen LogP contribution in [0.4, 0.5) is 0 Å². The molecule has 0 bridgehead atoms. The van der Waals surface area contributed by atoms with Gasteiger partial charge in [0.05, 0.1) is 0 Å². The summed E-state index contributed by atoms with van der Waals surface area (Å²) in [6, 6.07) is 0. The Balaban J connectivity index is 3.36. The molecule has 0 unspecified atom stereocenters. The number of rotatable bonds is 2. The number of hydrogen-bond acceptors (Lipinski definition) is 0. The van der Waals surface area contributed by atoms with Crippen molar-refractivity contribution in [2.24, 2.45) is 0 Å². The third-order valence-electron chi connectivity index (χ3n) is 0.561. The van der Waals surface area contributed by atoms with Gasteiger partial charge in [-0.2, -0.15) is 0 Å². The molecule has 0 saturated heterocycles. The average molecular weight is 433 g/mol. The van der Waals surface area contributed by atoms with Crippen molar-refractivity contribution in [1.82, 2.24) is 0 Å². The minimum absolute atomic E-state index is 0.0657. The van der Waals surface area contributed by atoms with Crippen molar-refractivity contribution in [2.75, 3.05) is 0 Å². The van der Waals surface area contributed by atoms with Crippen LogP contribution in [0.2, 0.25) is 0 Å². The molecule has 0 aliphatic heterocycles. The van der Waals surface area contributed by atoms with E-state index in [1.807, 2.05) is 0 Å². The summed E-state index contributed by atoms with van der Waals surface area (Å²) in [5.74, 6) is 0. The molecule has 0 saturated carbocycles. The van der Waals surface area contributed by atoms with Crippen LogP contribution < -0.4 is 21.0 Å². The molecule has 0 aliphatic carbocycles. The van der Waals surface area contributed by atoms with Crippen LogP contribution in [0, 0.1) is 0 Å². The summed E-state index contributed by atoms with van der Waals surface area (Å²) in [6.07, 6.45) is 1.19. The van der Waals surface area contributed by atoms with Crippen LogP contribution in [-0.4, -0.2) is 5.14 Å². The van der Waals surface area contributed by atoms with Crippen LogP contribution in [0.25, 0.3) is 0 Å². The van der Waals surface area contributed by atoms with Crippen molar-refractivity contribution in [2.45, 2.75) is 12.8 Å². The van der Waals surface area contributed by atoms with Gasteiger partial charge in [0.15, 0.2) is 0 Å². The van der Waals surface area contributed by atoms with Gasteiger partial charge in [0.1, 0.15) is 0 Å².